The van der Waals surface area contributed by atoms with Gasteiger partial charge in [0.25, 0.3) is 0 Å². The highest BCUT2D eigenvalue weighted by Gasteiger charge is 2.35. The van der Waals surface area contributed by atoms with Gasteiger partial charge >= 0.3 is 0 Å². The fraction of sp³-hybridized carbons (Fsp3) is 1.00. The van der Waals surface area contributed by atoms with E-state index in [1.54, 1.807) is 0 Å². The summed E-state index contributed by atoms with van der Waals surface area (Å²) in [7, 11) is 0. The zero-order valence-corrected chi connectivity index (χ0v) is 10.0. The molecule has 2 aliphatic rings. The Hall–Kier alpha value is -0.200. The Morgan fingerprint density at radius 1 is 1.62 bits per heavy atom. The number of fused-ring (bicyclic) bond motifs is 1. The fourth-order valence-corrected chi connectivity index (χ4v) is 2.59. The minimum Gasteiger partial charge on any atom is -0.380 e. The van der Waals surface area contributed by atoms with Gasteiger partial charge in [-0.25, -0.2) is 0 Å². The van der Waals surface area contributed by atoms with Gasteiger partial charge in [-0.05, 0) is 26.3 Å². The van der Waals surface area contributed by atoms with Crippen molar-refractivity contribution in [3.05, 3.63) is 0 Å². The minimum atomic E-state index is 0.0986. The van der Waals surface area contributed by atoms with Crippen molar-refractivity contribution in [1.29, 1.82) is 0 Å². The Morgan fingerprint density at radius 2 is 2.50 bits per heavy atom. The molecule has 3 unspecified atom stereocenters. The minimum absolute atomic E-state index is 0.0986. The number of nitrogens with two attached hydrogens (primary N) is 1. The van der Waals surface area contributed by atoms with Crippen molar-refractivity contribution >= 4 is 0 Å². The third kappa shape index (κ3) is 2.73. The van der Waals surface area contributed by atoms with Crippen LogP contribution in [0.5, 0.6) is 0 Å². The van der Waals surface area contributed by atoms with Crippen molar-refractivity contribution in [3.63, 3.8) is 0 Å². The molecular formula is C11H23N3O2. The highest BCUT2D eigenvalue weighted by Crippen LogP contribution is 2.23. The molecule has 3 atom stereocenters. The summed E-state index contributed by atoms with van der Waals surface area (Å²) in [5.41, 5.74) is 2.81. The van der Waals surface area contributed by atoms with Crippen LogP contribution in [0.15, 0.2) is 0 Å². The molecule has 0 aromatic rings. The second kappa shape index (κ2) is 5.93. The SMILES string of the molecule is CCOCC(NN)C1CN2CCCC2CO1. The van der Waals surface area contributed by atoms with E-state index in [0.29, 0.717) is 12.6 Å². The number of morpholine rings is 1. The first-order valence-corrected chi connectivity index (χ1v) is 6.24. The van der Waals surface area contributed by atoms with E-state index in [1.807, 2.05) is 6.92 Å². The Kier molecular flexibility index (Phi) is 4.55. The zero-order chi connectivity index (χ0) is 11.4. The Labute approximate surface area is 97.2 Å². The lowest BCUT2D eigenvalue weighted by atomic mass is 10.1. The third-order valence-corrected chi connectivity index (χ3v) is 3.58. The average Bonchev–Trinajstić information content (AvgIpc) is 2.77. The predicted molar refractivity (Wildman–Crippen MR) is 61.9 cm³/mol. The van der Waals surface area contributed by atoms with Crippen LogP contribution in [0.25, 0.3) is 0 Å². The number of rotatable bonds is 5. The maximum atomic E-state index is 5.88. The van der Waals surface area contributed by atoms with Gasteiger partial charge in [0.2, 0.25) is 0 Å². The lowest BCUT2D eigenvalue weighted by Crippen LogP contribution is -2.57. The molecule has 0 aromatic heterocycles. The van der Waals surface area contributed by atoms with E-state index < -0.39 is 0 Å². The first-order chi connectivity index (χ1) is 7.85. The van der Waals surface area contributed by atoms with E-state index in [0.717, 1.165) is 19.8 Å². The van der Waals surface area contributed by atoms with E-state index in [9.17, 15) is 0 Å². The van der Waals surface area contributed by atoms with Crippen molar-refractivity contribution in [1.82, 2.24) is 10.3 Å². The molecular weight excluding hydrogens is 206 g/mol. The molecule has 0 saturated carbocycles. The Balaban J connectivity index is 1.83. The first kappa shape index (κ1) is 12.3. The van der Waals surface area contributed by atoms with Gasteiger partial charge in [-0.1, -0.05) is 0 Å². The molecule has 3 N–H and O–H groups in total. The lowest BCUT2D eigenvalue weighted by Gasteiger charge is -2.38. The average molecular weight is 229 g/mol. The summed E-state index contributed by atoms with van der Waals surface area (Å²) < 4.78 is 11.3. The second-order valence-corrected chi connectivity index (χ2v) is 4.60. The van der Waals surface area contributed by atoms with Crippen LogP contribution in [-0.4, -0.2) is 56.0 Å². The third-order valence-electron chi connectivity index (χ3n) is 3.58. The van der Waals surface area contributed by atoms with Crippen molar-refractivity contribution in [2.45, 2.75) is 38.0 Å². The van der Waals surface area contributed by atoms with Gasteiger partial charge in [-0.3, -0.25) is 16.2 Å². The topological polar surface area (TPSA) is 59.8 Å². The molecule has 0 bridgehead atoms. The normalized spacial score (nSPS) is 32.6. The van der Waals surface area contributed by atoms with E-state index in [-0.39, 0.29) is 12.1 Å². The number of nitrogens with one attached hydrogen (secondary N) is 1. The first-order valence-electron chi connectivity index (χ1n) is 6.24. The molecule has 16 heavy (non-hydrogen) atoms. The monoisotopic (exact) mass is 229 g/mol. The quantitative estimate of drug-likeness (QED) is 0.501. The van der Waals surface area contributed by atoms with Crippen LogP contribution in [0.3, 0.4) is 0 Å². The summed E-state index contributed by atoms with van der Waals surface area (Å²) >= 11 is 0. The lowest BCUT2D eigenvalue weighted by molar-refractivity contribution is -0.0764. The molecule has 0 aliphatic carbocycles. The number of hydrogen-bond donors (Lipinski definition) is 2. The maximum Gasteiger partial charge on any atom is 0.0891 e. The van der Waals surface area contributed by atoms with Crippen LogP contribution < -0.4 is 11.3 Å². The molecule has 94 valence electrons. The summed E-state index contributed by atoms with van der Waals surface area (Å²) in [5.74, 6) is 5.55. The van der Waals surface area contributed by atoms with E-state index in [4.69, 9.17) is 15.3 Å². The largest absolute Gasteiger partial charge is 0.380 e. The molecule has 0 radical (unpaired) electrons. The Bertz CT molecular complexity index is 215. The van der Waals surface area contributed by atoms with Crippen molar-refractivity contribution in [2.75, 3.05) is 32.9 Å². The highest BCUT2D eigenvalue weighted by atomic mass is 16.5. The molecule has 0 spiro atoms. The maximum absolute atomic E-state index is 5.88. The van der Waals surface area contributed by atoms with Gasteiger partial charge in [0.1, 0.15) is 0 Å². The van der Waals surface area contributed by atoms with E-state index >= 15 is 0 Å². The summed E-state index contributed by atoms with van der Waals surface area (Å²) in [4.78, 5) is 2.52. The number of ether oxygens (including phenoxy) is 2. The number of hydrogen-bond acceptors (Lipinski definition) is 5. The molecule has 0 amide bonds. The smallest absolute Gasteiger partial charge is 0.0891 e. The predicted octanol–water partition coefficient (Wildman–Crippen LogP) is -0.282. The Morgan fingerprint density at radius 3 is 3.25 bits per heavy atom. The van der Waals surface area contributed by atoms with Crippen molar-refractivity contribution in [3.8, 4) is 0 Å². The molecule has 2 rings (SSSR count). The van der Waals surface area contributed by atoms with Crippen LogP contribution in [0.4, 0.5) is 0 Å². The van der Waals surface area contributed by atoms with E-state index in [1.165, 1.54) is 19.4 Å². The number of hydrazine groups is 1. The van der Waals surface area contributed by atoms with Crippen molar-refractivity contribution < 1.29 is 9.47 Å². The summed E-state index contributed by atoms with van der Waals surface area (Å²) in [6.07, 6.45) is 2.73. The van der Waals surface area contributed by atoms with Crippen LogP contribution in [0.2, 0.25) is 0 Å². The standard InChI is InChI=1S/C11H23N3O2/c1-2-15-8-10(13-12)11-6-14-5-3-4-9(14)7-16-11/h9-11,13H,2-8,12H2,1H3. The zero-order valence-electron chi connectivity index (χ0n) is 10.0. The molecule has 2 heterocycles. The highest BCUT2D eigenvalue weighted by molar-refractivity contribution is 4.89. The van der Waals surface area contributed by atoms with Crippen LogP contribution in [0, 0.1) is 0 Å². The fourth-order valence-electron chi connectivity index (χ4n) is 2.59. The van der Waals surface area contributed by atoms with Crippen LogP contribution in [-0.2, 0) is 9.47 Å². The molecule has 2 fully saturated rings. The molecule has 0 aromatic carbocycles. The molecule has 2 aliphatic heterocycles. The van der Waals surface area contributed by atoms with Crippen LogP contribution >= 0.6 is 0 Å². The van der Waals surface area contributed by atoms with Gasteiger partial charge in [-0.2, -0.15) is 0 Å². The number of nitrogens with zero attached hydrogens (tertiary/aromatic N) is 1. The second-order valence-electron chi connectivity index (χ2n) is 4.60. The molecule has 2 saturated heterocycles. The van der Waals surface area contributed by atoms with Gasteiger partial charge < -0.3 is 9.47 Å². The summed E-state index contributed by atoms with van der Waals surface area (Å²) in [5, 5.41) is 0. The van der Waals surface area contributed by atoms with Gasteiger partial charge in [0, 0.05) is 19.2 Å². The summed E-state index contributed by atoms with van der Waals surface area (Å²) in [6.45, 7) is 6.36. The molecule has 5 heteroatoms. The van der Waals surface area contributed by atoms with Gasteiger partial charge in [-0.15, -0.1) is 0 Å². The summed E-state index contributed by atoms with van der Waals surface area (Å²) in [6, 6.07) is 0.739. The van der Waals surface area contributed by atoms with Gasteiger partial charge in [0.15, 0.2) is 0 Å². The molecule has 5 nitrogen and oxygen atoms in total. The van der Waals surface area contributed by atoms with Gasteiger partial charge in [0.05, 0.1) is 25.4 Å². The van der Waals surface area contributed by atoms with Crippen LogP contribution in [0.1, 0.15) is 19.8 Å². The van der Waals surface area contributed by atoms with Crippen molar-refractivity contribution in [2.24, 2.45) is 5.84 Å². The van der Waals surface area contributed by atoms with E-state index in [2.05, 4.69) is 10.3 Å².